The van der Waals surface area contributed by atoms with Crippen molar-refractivity contribution >= 4 is 23.4 Å². The van der Waals surface area contributed by atoms with Gasteiger partial charge in [-0.05, 0) is 48.2 Å². The molecular formula is C17H18ClNS. The third-order valence-corrected chi connectivity index (χ3v) is 4.90. The van der Waals surface area contributed by atoms with Gasteiger partial charge in [0, 0.05) is 28.3 Å². The minimum atomic E-state index is 0.569. The normalized spacial score (nSPS) is 17.1. The van der Waals surface area contributed by atoms with E-state index in [0.29, 0.717) is 6.04 Å². The van der Waals surface area contributed by atoms with Crippen molar-refractivity contribution in [3.05, 3.63) is 64.7 Å². The fourth-order valence-corrected chi connectivity index (χ4v) is 3.68. The van der Waals surface area contributed by atoms with Gasteiger partial charge in [-0.1, -0.05) is 35.9 Å². The van der Waals surface area contributed by atoms with Crippen molar-refractivity contribution in [3.8, 4) is 0 Å². The first kappa shape index (κ1) is 14.0. The zero-order valence-electron chi connectivity index (χ0n) is 11.3. The van der Waals surface area contributed by atoms with E-state index < -0.39 is 0 Å². The smallest absolute Gasteiger partial charge is 0.0408 e. The lowest BCUT2D eigenvalue weighted by molar-refractivity contribution is 0.554. The van der Waals surface area contributed by atoms with Crippen LogP contribution in [0, 0.1) is 0 Å². The molecule has 3 heteroatoms. The Morgan fingerprint density at radius 1 is 1.05 bits per heavy atom. The molecule has 1 nitrogen and oxygen atoms in total. The second-order valence-electron chi connectivity index (χ2n) is 5.13. The number of halogens is 1. The third kappa shape index (κ3) is 3.57. The van der Waals surface area contributed by atoms with Gasteiger partial charge >= 0.3 is 0 Å². The van der Waals surface area contributed by atoms with Crippen molar-refractivity contribution in [3.63, 3.8) is 0 Å². The second-order valence-corrected chi connectivity index (χ2v) is 6.74. The van der Waals surface area contributed by atoms with Gasteiger partial charge < -0.3 is 5.32 Å². The predicted octanol–water partition coefficient (Wildman–Crippen LogP) is 4.19. The monoisotopic (exact) mass is 303 g/mol. The van der Waals surface area contributed by atoms with Crippen molar-refractivity contribution in [2.75, 3.05) is 12.3 Å². The molecule has 2 aromatic rings. The van der Waals surface area contributed by atoms with Gasteiger partial charge in [0.05, 0.1) is 0 Å². The van der Waals surface area contributed by atoms with Crippen LogP contribution in [-0.4, -0.2) is 18.3 Å². The molecule has 104 valence electrons. The zero-order chi connectivity index (χ0) is 13.8. The Kier molecular flexibility index (Phi) is 4.66. The molecule has 0 bridgehead atoms. The van der Waals surface area contributed by atoms with Crippen LogP contribution in [-0.2, 0) is 12.8 Å². The summed E-state index contributed by atoms with van der Waals surface area (Å²) in [6, 6.07) is 17.4. The van der Waals surface area contributed by atoms with Gasteiger partial charge in [0.2, 0.25) is 0 Å². The van der Waals surface area contributed by atoms with Crippen LogP contribution < -0.4 is 5.32 Å². The number of hydrogen-bond acceptors (Lipinski definition) is 2. The maximum absolute atomic E-state index is 6.04. The van der Waals surface area contributed by atoms with Crippen LogP contribution in [0.1, 0.15) is 11.1 Å². The van der Waals surface area contributed by atoms with Crippen molar-refractivity contribution in [1.82, 2.24) is 5.32 Å². The molecule has 1 unspecified atom stereocenters. The van der Waals surface area contributed by atoms with Crippen LogP contribution in [0.5, 0.6) is 0 Å². The summed E-state index contributed by atoms with van der Waals surface area (Å²) in [6.45, 7) is 1.05. The first-order valence-electron chi connectivity index (χ1n) is 7.00. The van der Waals surface area contributed by atoms with E-state index in [1.54, 1.807) is 0 Å². The van der Waals surface area contributed by atoms with Crippen molar-refractivity contribution in [2.45, 2.75) is 23.8 Å². The summed E-state index contributed by atoms with van der Waals surface area (Å²) in [5.74, 6) is 1.11. The molecule has 0 saturated carbocycles. The lowest BCUT2D eigenvalue weighted by atomic mass is 10.1. The quantitative estimate of drug-likeness (QED) is 0.656. The van der Waals surface area contributed by atoms with Crippen LogP contribution >= 0.6 is 23.4 Å². The number of rotatable bonds is 5. The molecule has 2 aromatic carbocycles. The van der Waals surface area contributed by atoms with Gasteiger partial charge in [-0.25, -0.2) is 0 Å². The second kappa shape index (κ2) is 6.66. The zero-order valence-corrected chi connectivity index (χ0v) is 12.9. The Bertz CT molecular complexity index is 570. The Morgan fingerprint density at radius 2 is 1.85 bits per heavy atom. The molecule has 0 aromatic heterocycles. The standard InChI is InChI=1S/C17H18ClNS/c18-15-7-6-13-11-16(12-14(13)10-15)19-8-9-20-17-4-2-1-3-5-17/h1-7,10,16,19H,8-9,11-12H2. The molecule has 0 saturated heterocycles. The highest BCUT2D eigenvalue weighted by Gasteiger charge is 2.20. The molecule has 3 rings (SSSR count). The SMILES string of the molecule is Clc1ccc2c(c1)CC(NCCSc1ccccc1)C2. The van der Waals surface area contributed by atoms with E-state index in [1.165, 1.54) is 16.0 Å². The van der Waals surface area contributed by atoms with Crippen LogP contribution in [0.15, 0.2) is 53.4 Å². The highest BCUT2D eigenvalue weighted by atomic mass is 35.5. The minimum Gasteiger partial charge on any atom is -0.312 e. The van der Waals surface area contributed by atoms with E-state index in [2.05, 4.69) is 47.8 Å². The maximum atomic E-state index is 6.04. The Morgan fingerprint density at radius 3 is 2.70 bits per heavy atom. The molecule has 0 heterocycles. The fraction of sp³-hybridized carbons (Fsp3) is 0.294. The molecule has 0 radical (unpaired) electrons. The summed E-state index contributed by atoms with van der Waals surface area (Å²) in [5.41, 5.74) is 2.85. The van der Waals surface area contributed by atoms with E-state index in [-0.39, 0.29) is 0 Å². The lowest BCUT2D eigenvalue weighted by Gasteiger charge is -2.11. The summed E-state index contributed by atoms with van der Waals surface area (Å²) in [4.78, 5) is 1.34. The largest absolute Gasteiger partial charge is 0.312 e. The molecule has 0 aliphatic heterocycles. The highest BCUT2D eigenvalue weighted by Crippen LogP contribution is 2.25. The Hall–Kier alpha value is -0.960. The third-order valence-electron chi connectivity index (χ3n) is 3.65. The fourth-order valence-electron chi connectivity index (χ4n) is 2.68. The number of fused-ring (bicyclic) bond motifs is 1. The maximum Gasteiger partial charge on any atom is 0.0408 e. The van der Waals surface area contributed by atoms with Crippen molar-refractivity contribution in [2.24, 2.45) is 0 Å². The Balaban J connectivity index is 1.43. The average molecular weight is 304 g/mol. The van der Waals surface area contributed by atoms with Crippen LogP contribution in [0.4, 0.5) is 0 Å². The van der Waals surface area contributed by atoms with Gasteiger partial charge in [0.1, 0.15) is 0 Å². The minimum absolute atomic E-state index is 0.569. The summed E-state index contributed by atoms with van der Waals surface area (Å²) >= 11 is 7.95. The van der Waals surface area contributed by atoms with Crippen molar-refractivity contribution in [1.29, 1.82) is 0 Å². The van der Waals surface area contributed by atoms with E-state index in [1.807, 2.05) is 17.8 Å². The van der Waals surface area contributed by atoms with Crippen LogP contribution in [0.25, 0.3) is 0 Å². The Labute approximate surface area is 129 Å². The molecule has 0 spiro atoms. The van der Waals surface area contributed by atoms with E-state index in [4.69, 9.17) is 11.6 Å². The van der Waals surface area contributed by atoms with E-state index in [9.17, 15) is 0 Å². The van der Waals surface area contributed by atoms with Crippen LogP contribution in [0.2, 0.25) is 5.02 Å². The average Bonchev–Trinajstić information content (AvgIpc) is 2.86. The first-order valence-corrected chi connectivity index (χ1v) is 8.36. The van der Waals surface area contributed by atoms with Gasteiger partial charge in [0.15, 0.2) is 0 Å². The summed E-state index contributed by atoms with van der Waals surface area (Å²) in [5, 5.41) is 4.51. The molecule has 1 atom stereocenters. The molecule has 1 aliphatic carbocycles. The summed E-state index contributed by atoms with van der Waals surface area (Å²) in [7, 11) is 0. The van der Waals surface area contributed by atoms with Gasteiger partial charge in [-0.3, -0.25) is 0 Å². The molecular weight excluding hydrogens is 286 g/mol. The lowest BCUT2D eigenvalue weighted by Crippen LogP contribution is -2.31. The van der Waals surface area contributed by atoms with E-state index >= 15 is 0 Å². The summed E-state index contributed by atoms with van der Waals surface area (Å²) < 4.78 is 0. The molecule has 0 amide bonds. The highest BCUT2D eigenvalue weighted by molar-refractivity contribution is 7.99. The van der Waals surface area contributed by atoms with Gasteiger partial charge in [0.25, 0.3) is 0 Å². The summed E-state index contributed by atoms with van der Waals surface area (Å²) in [6.07, 6.45) is 2.23. The van der Waals surface area contributed by atoms with Gasteiger partial charge in [-0.15, -0.1) is 11.8 Å². The number of benzene rings is 2. The van der Waals surface area contributed by atoms with Crippen LogP contribution in [0.3, 0.4) is 0 Å². The van der Waals surface area contributed by atoms with E-state index in [0.717, 1.165) is 30.2 Å². The molecule has 20 heavy (non-hydrogen) atoms. The van der Waals surface area contributed by atoms with Gasteiger partial charge in [-0.2, -0.15) is 0 Å². The number of hydrogen-bond donors (Lipinski definition) is 1. The predicted molar refractivity (Wildman–Crippen MR) is 87.8 cm³/mol. The first-order chi connectivity index (χ1) is 9.81. The number of thioether (sulfide) groups is 1. The molecule has 1 aliphatic rings. The molecule has 1 N–H and O–H groups in total. The molecule has 0 fully saturated rings. The topological polar surface area (TPSA) is 12.0 Å². The van der Waals surface area contributed by atoms with Crippen molar-refractivity contribution < 1.29 is 0 Å². The number of nitrogens with one attached hydrogen (secondary N) is 1.